The zero-order valence-corrected chi connectivity index (χ0v) is 21.6. The predicted molar refractivity (Wildman–Crippen MR) is 133 cm³/mol. The summed E-state index contributed by atoms with van der Waals surface area (Å²) in [4.78, 5) is 49.7. The number of imide groups is 2. The van der Waals surface area contributed by atoms with Crippen LogP contribution in [0.2, 0.25) is 20.1 Å². The fourth-order valence-electron chi connectivity index (χ4n) is 3.69. The van der Waals surface area contributed by atoms with E-state index in [2.05, 4.69) is 0 Å². The van der Waals surface area contributed by atoms with E-state index in [4.69, 9.17) is 55.9 Å². The fourth-order valence-corrected chi connectivity index (χ4v) is 4.72. The lowest BCUT2D eigenvalue weighted by Gasteiger charge is -2.15. The minimum absolute atomic E-state index is 0.0411. The lowest BCUT2D eigenvalue weighted by atomic mass is 10.1. The number of nitrogens with zero attached hydrogens (tertiary/aromatic N) is 2. The summed E-state index contributed by atoms with van der Waals surface area (Å²) in [6, 6.07) is 9.19. The van der Waals surface area contributed by atoms with E-state index in [1.165, 1.54) is 32.4 Å². The van der Waals surface area contributed by atoms with E-state index in [9.17, 15) is 19.2 Å². The molecule has 4 rings (SSSR count). The average molecular weight is 562 g/mol. The summed E-state index contributed by atoms with van der Waals surface area (Å²) in [5.74, 6) is -1.68. The van der Waals surface area contributed by atoms with Crippen LogP contribution in [-0.4, -0.2) is 50.6 Å². The second-order valence-electron chi connectivity index (χ2n) is 7.67. The highest BCUT2D eigenvalue weighted by Crippen LogP contribution is 2.32. The van der Waals surface area contributed by atoms with Gasteiger partial charge in [-0.05, 0) is 36.4 Å². The number of methoxy groups -OCH3 is 2. The summed E-state index contributed by atoms with van der Waals surface area (Å²) in [5, 5.41) is 1.50. The van der Waals surface area contributed by atoms with Gasteiger partial charge in [0.2, 0.25) is 17.7 Å². The zero-order chi connectivity index (χ0) is 25.9. The molecule has 2 aromatic carbocycles. The second kappa shape index (κ2) is 11.7. The molecule has 186 valence electrons. The highest BCUT2D eigenvalue weighted by atomic mass is 35.5. The summed E-state index contributed by atoms with van der Waals surface area (Å²) >= 11 is 23.4. The third-order valence-electron chi connectivity index (χ3n) is 5.21. The molecule has 2 aliphatic heterocycles. The molecule has 0 aromatic heterocycles. The van der Waals surface area contributed by atoms with Gasteiger partial charge in [0, 0.05) is 40.7 Å². The number of carbonyl (C=O) groups is 4. The molecule has 2 aromatic rings. The van der Waals surface area contributed by atoms with E-state index in [1.807, 2.05) is 0 Å². The van der Waals surface area contributed by atoms with Crippen LogP contribution < -0.4 is 9.80 Å². The number of anilines is 2. The minimum atomic E-state index is -0.722. The van der Waals surface area contributed by atoms with Gasteiger partial charge in [0.25, 0.3) is 5.91 Å². The van der Waals surface area contributed by atoms with Crippen LogP contribution in [0.25, 0.3) is 0 Å². The Bertz CT molecular complexity index is 1130. The average Bonchev–Trinajstić information content (AvgIpc) is 3.21. The molecule has 0 saturated carbocycles. The number of rotatable bonds is 5. The molecule has 8 nitrogen and oxygen atoms in total. The van der Waals surface area contributed by atoms with Gasteiger partial charge in [-0.2, -0.15) is 0 Å². The molecule has 0 bridgehead atoms. The van der Waals surface area contributed by atoms with E-state index in [0.29, 0.717) is 31.5 Å². The van der Waals surface area contributed by atoms with Gasteiger partial charge < -0.3 is 9.47 Å². The highest BCUT2D eigenvalue weighted by Gasteiger charge is 2.40. The first-order chi connectivity index (χ1) is 16.5. The molecule has 0 spiro atoms. The van der Waals surface area contributed by atoms with E-state index in [1.54, 1.807) is 18.2 Å². The Morgan fingerprint density at radius 3 is 1.54 bits per heavy atom. The van der Waals surface area contributed by atoms with Crippen LogP contribution in [-0.2, 0) is 28.7 Å². The SMILES string of the molecule is COC1CC(=O)N(c2cc(Cl)cc(Cl)c2)C1=O.COCC1CC(=O)N(c2cc(Cl)cc(Cl)c2)C1=O. The summed E-state index contributed by atoms with van der Waals surface area (Å²) in [6.07, 6.45) is -0.531. The number of ether oxygens (including phenoxy) is 2. The predicted octanol–water partition coefficient (Wildman–Crippen LogP) is 4.79. The lowest BCUT2D eigenvalue weighted by molar-refractivity contribution is -0.126. The number of amides is 4. The van der Waals surface area contributed by atoms with Crippen molar-refractivity contribution < 1.29 is 28.7 Å². The van der Waals surface area contributed by atoms with Gasteiger partial charge in [-0.1, -0.05) is 46.4 Å². The molecule has 2 unspecified atom stereocenters. The van der Waals surface area contributed by atoms with E-state index >= 15 is 0 Å². The molecular weight excluding hydrogens is 542 g/mol. The number of carbonyl (C=O) groups excluding carboxylic acids is 4. The molecule has 0 radical (unpaired) electrons. The van der Waals surface area contributed by atoms with E-state index in [-0.39, 0.29) is 37.2 Å². The van der Waals surface area contributed by atoms with Crippen LogP contribution in [0.5, 0.6) is 0 Å². The van der Waals surface area contributed by atoms with Gasteiger partial charge in [-0.25, -0.2) is 4.90 Å². The number of halogens is 4. The monoisotopic (exact) mass is 560 g/mol. The van der Waals surface area contributed by atoms with Crippen molar-refractivity contribution in [2.45, 2.75) is 18.9 Å². The molecule has 2 aliphatic rings. The Hall–Kier alpha value is -2.20. The third kappa shape index (κ3) is 6.33. The Morgan fingerprint density at radius 2 is 1.14 bits per heavy atom. The number of benzene rings is 2. The molecule has 2 atom stereocenters. The first kappa shape index (κ1) is 27.4. The summed E-state index contributed by atoms with van der Waals surface area (Å²) in [5.41, 5.74) is 0.776. The maximum Gasteiger partial charge on any atom is 0.263 e. The Labute approximate surface area is 221 Å². The van der Waals surface area contributed by atoms with E-state index < -0.39 is 17.9 Å². The van der Waals surface area contributed by atoms with Crippen LogP contribution in [0.15, 0.2) is 36.4 Å². The Kier molecular flexibility index (Phi) is 9.15. The van der Waals surface area contributed by atoms with Gasteiger partial charge in [0.1, 0.15) is 6.10 Å². The third-order valence-corrected chi connectivity index (χ3v) is 6.08. The van der Waals surface area contributed by atoms with Gasteiger partial charge in [-0.3, -0.25) is 24.1 Å². The molecule has 4 amide bonds. The fraction of sp³-hybridized carbons (Fsp3) is 0.304. The molecule has 12 heteroatoms. The normalized spacial score (nSPS) is 19.9. The maximum absolute atomic E-state index is 12.1. The summed E-state index contributed by atoms with van der Waals surface area (Å²) < 4.78 is 9.85. The molecule has 35 heavy (non-hydrogen) atoms. The van der Waals surface area contributed by atoms with Crippen LogP contribution in [0, 0.1) is 5.92 Å². The topological polar surface area (TPSA) is 93.2 Å². The van der Waals surface area contributed by atoms with Crippen molar-refractivity contribution in [1.29, 1.82) is 0 Å². The first-order valence-electron chi connectivity index (χ1n) is 10.2. The molecular formula is C23H20Cl4N2O6. The van der Waals surface area contributed by atoms with Crippen LogP contribution in [0.3, 0.4) is 0 Å². The molecule has 2 heterocycles. The summed E-state index contributed by atoms with van der Waals surface area (Å²) in [7, 11) is 2.89. The van der Waals surface area contributed by atoms with E-state index in [0.717, 1.165) is 9.80 Å². The van der Waals surface area contributed by atoms with Crippen molar-refractivity contribution in [1.82, 2.24) is 0 Å². The number of hydrogen-bond donors (Lipinski definition) is 0. The highest BCUT2D eigenvalue weighted by molar-refractivity contribution is 6.36. The summed E-state index contributed by atoms with van der Waals surface area (Å²) in [6.45, 7) is 0.232. The zero-order valence-electron chi connectivity index (χ0n) is 18.6. The smallest absolute Gasteiger partial charge is 0.263 e. The quantitative estimate of drug-likeness (QED) is 0.487. The van der Waals surface area contributed by atoms with Crippen molar-refractivity contribution in [2.24, 2.45) is 5.92 Å². The minimum Gasteiger partial charge on any atom is -0.384 e. The standard InChI is InChI=1S/C12H11Cl2NO3.C11H9Cl2NO3/c1-18-6-7-2-11(16)15(12(7)17)10-4-8(13)3-9(14)5-10;1-17-9-5-10(15)14(11(9)16)8-3-6(12)2-7(13)4-8/h3-5,7H,2,6H2,1H3;2-4,9H,5H2,1H3. The first-order valence-corrected chi connectivity index (χ1v) is 11.7. The largest absolute Gasteiger partial charge is 0.384 e. The van der Waals surface area contributed by atoms with Gasteiger partial charge in [0.15, 0.2) is 0 Å². The van der Waals surface area contributed by atoms with Crippen LogP contribution in [0.1, 0.15) is 12.8 Å². The molecule has 0 N–H and O–H groups in total. The molecule has 2 fully saturated rings. The van der Waals surface area contributed by atoms with Crippen LogP contribution >= 0.6 is 46.4 Å². The van der Waals surface area contributed by atoms with Crippen molar-refractivity contribution in [3.05, 3.63) is 56.5 Å². The van der Waals surface area contributed by atoms with Crippen molar-refractivity contribution in [3.8, 4) is 0 Å². The second-order valence-corrected chi connectivity index (χ2v) is 9.42. The van der Waals surface area contributed by atoms with Crippen molar-refractivity contribution in [3.63, 3.8) is 0 Å². The Morgan fingerprint density at radius 1 is 0.714 bits per heavy atom. The Balaban J connectivity index is 0.000000196. The lowest BCUT2D eigenvalue weighted by Crippen LogP contribution is -2.32. The maximum atomic E-state index is 12.1. The molecule has 2 saturated heterocycles. The van der Waals surface area contributed by atoms with Gasteiger partial charge in [0.05, 0.1) is 30.3 Å². The molecule has 0 aliphatic carbocycles. The van der Waals surface area contributed by atoms with Crippen molar-refractivity contribution >= 4 is 81.4 Å². The van der Waals surface area contributed by atoms with Gasteiger partial charge >= 0.3 is 0 Å². The van der Waals surface area contributed by atoms with Gasteiger partial charge in [-0.15, -0.1) is 0 Å². The van der Waals surface area contributed by atoms with Crippen LogP contribution in [0.4, 0.5) is 11.4 Å². The van der Waals surface area contributed by atoms with Crippen molar-refractivity contribution in [2.75, 3.05) is 30.6 Å². The number of hydrogen-bond acceptors (Lipinski definition) is 6.